The van der Waals surface area contributed by atoms with Gasteiger partial charge >= 0.3 is 0 Å². The average Bonchev–Trinajstić information content (AvgIpc) is 2.82. The molecule has 2 unspecified atom stereocenters. The molecule has 1 fully saturated rings. The average molecular weight is 296 g/mol. The number of hydrogen-bond acceptors (Lipinski definition) is 4. The Hall–Kier alpha value is -0.610. The van der Waals surface area contributed by atoms with E-state index in [9.17, 15) is 5.11 Å². The highest BCUT2D eigenvalue weighted by molar-refractivity contribution is 7.15. The molecule has 1 N–H and O–H groups in total. The van der Waals surface area contributed by atoms with E-state index in [0.717, 1.165) is 21.6 Å². The molecule has 0 bridgehead atoms. The summed E-state index contributed by atoms with van der Waals surface area (Å²) < 4.78 is 0. The molecule has 0 saturated heterocycles. The van der Waals surface area contributed by atoms with Gasteiger partial charge in [-0.05, 0) is 18.8 Å². The quantitative estimate of drug-likeness (QED) is 0.917. The Labute approximate surface area is 127 Å². The monoisotopic (exact) mass is 296 g/mol. The minimum absolute atomic E-state index is 0.00644. The van der Waals surface area contributed by atoms with Crippen LogP contribution in [0.5, 0.6) is 0 Å². The maximum absolute atomic E-state index is 9.58. The van der Waals surface area contributed by atoms with Crippen LogP contribution in [0.3, 0.4) is 0 Å². The summed E-state index contributed by atoms with van der Waals surface area (Å²) in [5.41, 5.74) is 1.05. The zero-order valence-corrected chi connectivity index (χ0v) is 14.3. The molecular weight excluding hydrogens is 268 g/mol. The molecule has 2 atom stereocenters. The first kappa shape index (κ1) is 15.8. The number of thiazole rings is 1. The molecule has 114 valence electrons. The Kier molecular flexibility index (Phi) is 4.75. The smallest absolute Gasteiger partial charge is 0.185 e. The van der Waals surface area contributed by atoms with E-state index >= 15 is 0 Å². The minimum atomic E-state index is -0.00644. The minimum Gasteiger partial charge on any atom is -0.391 e. The highest BCUT2D eigenvalue weighted by Gasteiger charge is 2.28. The zero-order valence-electron chi connectivity index (χ0n) is 13.4. The summed E-state index contributed by atoms with van der Waals surface area (Å²) in [6, 6.07) is 0.601. The molecule has 0 aromatic carbocycles. The lowest BCUT2D eigenvalue weighted by Crippen LogP contribution is -2.35. The fraction of sp³-hybridized carbons (Fsp3) is 0.812. The van der Waals surface area contributed by atoms with Crippen molar-refractivity contribution in [3.05, 3.63) is 10.6 Å². The maximum atomic E-state index is 9.58. The van der Waals surface area contributed by atoms with Crippen molar-refractivity contribution in [2.24, 2.45) is 5.92 Å². The van der Waals surface area contributed by atoms with Crippen molar-refractivity contribution in [3.8, 4) is 0 Å². The van der Waals surface area contributed by atoms with E-state index in [2.05, 4.69) is 39.6 Å². The van der Waals surface area contributed by atoms with E-state index in [1.54, 1.807) is 11.3 Å². The summed E-state index contributed by atoms with van der Waals surface area (Å²) in [5, 5.41) is 10.6. The van der Waals surface area contributed by atoms with Crippen molar-refractivity contribution < 1.29 is 5.11 Å². The van der Waals surface area contributed by atoms with E-state index < -0.39 is 0 Å². The number of anilines is 1. The van der Waals surface area contributed by atoms with Crippen LogP contribution >= 0.6 is 11.3 Å². The standard InChI is InChI=1S/C16H28N2OS/c1-11-7-6-8-12(9-11)18(5)15-17-14(16(2,3)4)13(10-19)20-15/h11-12,19H,6-10H2,1-5H3. The molecule has 1 saturated carbocycles. The topological polar surface area (TPSA) is 36.4 Å². The molecule has 20 heavy (non-hydrogen) atoms. The lowest BCUT2D eigenvalue weighted by atomic mass is 9.86. The van der Waals surface area contributed by atoms with Gasteiger partial charge in [-0.15, -0.1) is 0 Å². The van der Waals surface area contributed by atoms with Crippen molar-refractivity contribution in [2.75, 3.05) is 11.9 Å². The van der Waals surface area contributed by atoms with Crippen molar-refractivity contribution in [3.63, 3.8) is 0 Å². The molecule has 0 aliphatic heterocycles. The van der Waals surface area contributed by atoms with Crippen LogP contribution in [0.4, 0.5) is 5.13 Å². The molecule has 1 aromatic rings. The molecule has 1 aliphatic carbocycles. The fourth-order valence-electron chi connectivity index (χ4n) is 3.09. The summed E-state index contributed by atoms with van der Waals surface area (Å²) in [6.07, 6.45) is 5.20. The Morgan fingerprint density at radius 1 is 1.35 bits per heavy atom. The van der Waals surface area contributed by atoms with Crippen molar-refractivity contribution in [1.82, 2.24) is 4.98 Å². The van der Waals surface area contributed by atoms with Crippen LogP contribution in [0.2, 0.25) is 0 Å². The first-order valence-electron chi connectivity index (χ1n) is 7.66. The molecule has 3 nitrogen and oxygen atoms in total. The predicted molar refractivity (Wildman–Crippen MR) is 86.6 cm³/mol. The lowest BCUT2D eigenvalue weighted by Gasteiger charge is -2.34. The van der Waals surface area contributed by atoms with Gasteiger partial charge < -0.3 is 10.0 Å². The molecular formula is C16H28N2OS. The molecule has 1 aromatic heterocycles. The summed E-state index contributed by atoms with van der Waals surface area (Å²) in [7, 11) is 2.16. The molecule has 1 aliphatic rings. The molecule has 0 spiro atoms. The Bertz CT molecular complexity index is 450. The third-order valence-electron chi connectivity index (χ3n) is 4.30. The summed E-state index contributed by atoms with van der Waals surface area (Å²) in [6.45, 7) is 8.93. The van der Waals surface area contributed by atoms with Gasteiger partial charge in [0, 0.05) is 18.5 Å². The normalized spacial score (nSPS) is 23.9. The highest BCUT2D eigenvalue weighted by Crippen LogP contribution is 2.36. The molecule has 1 heterocycles. The van der Waals surface area contributed by atoms with Crippen LogP contribution < -0.4 is 4.90 Å². The molecule has 0 radical (unpaired) electrons. The van der Waals surface area contributed by atoms with E-state index in [-0.39, 0.29) is 12.0 Å². The SMILES string of the molecule is CC1CCCC(N(C)c2nc(C(C)(C)C)c(CO)s2)C1. The van der Waals surface area contributed by atoms with E-state index in [0.29, 0.717) is 6.04 Å². The molecule has 2 rings (SSSR count). The van der Waals surface area contributed by atoms with Crippen LogP contribution in [0, 0.1) is 5.92 Å². The van der Waals surface area contributed by atoms with Crippen molar-refractivity contribution in [2.45, 2.75) is 71.4 Å². The van der Waals surface area contributed by atoms with E-state index in [4.69, 9.17) is 4.98 Å². The van der Waals surface area contributed by atoms with Crippen LogP contribution in [-0.4, -0.2) is 23.2 Å². The van der Waals surface area contributed by atoms with Gasteiger partial charge in [0.1, 0.15) is 0 Å². The number of aliphatic hydroxyl groups is 1. The predicted octanol–water partition coefficient (Wildman–Crippen LogP) is 3.95. The second kappa shape index (κ2) is 6.02. The van der Waals surface area contributed by atoms with Gasteiger partial charge in [0.25, 0.3) is 0 Å². The summed E-state index contributed by atoms with van der Waals surface area (Å²) in [4.78, 5) is 8.20. The van der Waals surface area contributed by atoms with Gasteiger partial charge in [-0.1, -0.05) is 51.9 Å². The van der Waals surface area contributed by atoms with Crippen LogP contribution in [0.25, 0.3) is 0 Å². The number of hydrogen-bond donors (Lipinski definition) is 1. The van der Waals surface area contributed by atoms with Gasteiger partial charge in [-0.25, -0.2) is 4.98 Å². The Balaban J connectivity index is 2.22. The number of rotatable bonds is 3. The van der Waals surface area contributed by atoms with E-state index in [1.165, 1.54) is 25.7 Å². The second-order valence-corrected chi connectivity index (χ2v) is 8.27. The fourth-order valence-corrected chi connectivity index (χ4v) is 4.26. The van der Waals surface area contributed by atoms with Gasteiger partial charge in [0.2, 0.25) is 0 Å². The number of aliphatic hydroxyl groups excluding tert-OH is 1. The largest absolute Gasteiger partial charge is 0.391 e. The first-order valence-corrected chi connectivity index (χ1v) is 8.48. The van der Waals surface area contributed by atoms with Gasteiger partial charge in [0.15, 0.2) is 5.13 Å². The van der Waals surface area contributed by atoms with Crippen LogP contribution in [0.1, 0.15) is 63.9 Å². The highest BCUT2D eigenvalue weighted by atomic mass is 32.1. The Morgan fingerprint density at radius 3 is 2.55 bits per heavy atom. The first-order chi connectivity index (χ1) is 9.32. The van der Waals surface area contributed by atoms with Gasteiger partial charge in [0.05, 0.1) is 17.2 Å². The third-order valence-corrected chi connectivity index (χ3v) is 5.43. The molecule has 4 heteroatoms. The second-order valence-electron chi connectivity index (χ2n) is 7.21. The van der Waals surface area contributed by atoms with E-state index in [1.807, 2.05) is 0 Å². The van der Waals surface area contributed by atoms with Gasteiger partial charge in [-0.3, -0.25) is 0 Å². The number of nitrogens with zero attached hydrogens (tertiary/aromatic N) is 2. The zero-order chi connectivity index (χ0) is 14.9. The maximum Gasteiger partial charge on any atom is 0.185 e. The Morgan fingerprint density at radius 2 is 2.05 bits per heavy atom. The lowest BCUT2D eigenvalue weighted by molar-refractivity contribution is 0.282. The van der Waals surface area contributed by atoms with Gasteiger partial charge in [-0.2, -0.15) is 0 Å². The van der Waals surface area contributed by atoms with Crippen molar-refractivity contribution >= 4 is 16.5 Å². The number of aromatic nitrogens is 1. The summed E-state index contributed by atoms with van der Waals surface area (Å²) >= 11 is 1.65. The van der Waals surface area contributed by atoms with Crippen LogP contribution in [0.15, 0.2) is 0 Å². The summed E-state index contributed by atoms with van der Waals surface area (Å²) in [5.74, 6) is 0.815. The third kappa shape index (κ3) is 3.34. The van der Waals surface area contributed by atoms with Crippen molar-refractivity contribution in [1.29, 1.82) is 0 Å². The molecule has 0 amide bonds. The van der Waals surface area contributed by atoms with Crippen LogP contribution in [-0.2, 0) is 12.0 Å².